The minimum atomic E-state index is -4.26. The molecule has 0 aliphatic carbocycles. The molecule has 0 aliphatic heterocycles. The van der Waals surface area contributed by atoms with Crippen molar-refractivity contribution in [3.05, 3.63) is 30.9 Å². The maximum atomic E-state index is 13.2. The first-order valence-corrected chi connectivity index (χ1v) is 8.50. The zero-order chi connectivity index (χ0) is 18.2. The van der Waals surface area contributed by atoms with Crippen LogP contribution in [0.25, 0.3) is 0 Å². The van der Waals surface area contributed by atoms with Gasteiger partial charge in [0.25, 0.3) is 10.0 Å². The topological polar surface area (TPSA) is 80.2 Å². The molecular weight excluding hydrogens is 357 g/mol. The number of rotatable bonds is 8. The second-order valence-electron chi connectivity index (χ2n) is 4.06. The Morgan fingerprint density at radius 2 is 2.29 bits per heavy atom. The standard InChI is InChI=1S/C14H16FN3O4S2/c1-5-9-16-12-8-7-11(10-13(12)21-3)24(19,20)18(23-15)14(6-2)17-22-4/h1,6-8,10,16H,2,9H2,3-4H3/b17-14+. The predicted octanol–water partition coefficient (Wildman–Crippen LogP) is 2.41. The number of anilines is 1. The maximum Gasteiger partial charge on any atom is 0.277 e. The van der Waals surface area contributed by atoms with Crippen LogP contribution in [0.15, 0.2) is 40.9 Å². The summed E-state index contributed by atoms with van der Waals surface area (Å²) in [6, 6.07) is 3.99. The van der Waals surface area contributed by atoms with Crippen LogP contribution in [0.5, 0.6) is 5.75 Å². The van der Waals surface area contributed by atoms with Gasteiger partial charge in [-0.25, -0.2) is 8.42 Å². The summed E-state index contributed by atoms with van der Waals surface area (Å²) in [7, 11) is -1.69. The second-order valence-corrected chi connectivity index (χ2v) is 6.58. The van der Waals surface area contributed by atoms with E-state index in [4.69, 9.17) is 11.2 Å². The summed E-state index contributed by atoms with van der Waals surface area (Å²) in [6.07, 6.45) is 6.22. The van der Waals surface area contributed by atoms with Crippen molar-refractivity contribution >= 4 is 33.9 Å². The Hall–Kier alpha value is -2.38. The van der Waals surface area contributed by atoms with E-state index < -0.39 is 22.4 Å². The zero-order valence-corrected chi connectivity index (χ0v) is 14.7. The average Bonchev–Trinajstić information content (AvgIpc) is 2.59. The molecule has 1 rings (SSSR count). The fourth-order valence-corrected chi connectivity index (χ4v) is 3.43. The van der Waals surface area contributed by atoms with Gasteiger partial charge in [-0.3, -0.25) is 0 Å². The quantitative estimate of drug-likeness (QED) is 0.248. The van der Waals surface area contributed by atoms with Crippen molar-refractivity contribution in [2.24, 2.45) is 5.16 Å². The molecule has 1 aromatic rings. The molecular formula is C14H16FN3O4S2. The SMILES string of the molecule is C#CCNc1ccc(S(=O)(=O)N(SF)/C(C=C)=N/OC)cc1OC. The van der Waals surface area contributed by atoms with Crippen molar-refractivity contribution in [3.63, 3.8) is 0 Å². The lowest BCUT2D eigenvalue weighted by Crippen LogP contribution is -2.29. The average molecular weight is 373 g/mol. The number of amidine groups is 1. The van der Waals surface area contributed by atoms with Crippen molar-refractivity contribution in [2.45, 2.75) is 4.90 Å². The van der Waals surface area contributed by atoms with Crippen LogP contribution in [0.3, 0.4) is 0 Å². The van der Waals surface area contributed by atoms with Gasteiger partial charge in [0, 0.05) is 6.07 Å². The number of methoxy groups -OCH3 is 1. The molecule has 1 aromatic carbocycles. The van der Waals surface area contributed by atoms with Gasteiger partial charge in [-0.15, -0.1) is 10.3 Å². The largest absolute Gasteiger partial charge is 0.495 e. The molecule has 1 N–H and O–H groups in total. The van der Waals surface area contributed by atoms with E-state index in [2.05, 4.69) is 27.8 Å². The van der Waals surface area contributed by atoms with Crippen molar-refractivity contribution in [1.82, 2.24) is 3.71 Å². The highest BCUT2D eigenvalue weighted by Crippen LogP contribution is 2.31. The van der Waals surface area contributed by atoms with Crippen molar-refractivity contribution in [2.75, 3.05) is 26.1 Å². The fraction of sp³-hybridized carbons (Fsp3) is 0.214. The molecule has 0 amide bonds. The molecule has 0 aromatic heterocycles. The Bertz CT molecular complexity index is 760. The summed E-state index contributed by atoms with van der Waals surface area (Å²) in [5.74, 6) is 2.30. The number of sulfonamides is 1. The van der Waals surface area contributed by atoms with Gasteiger partial charge in [-0.1, -0.05) is 17.7 Å². The predicted molar refractivity (Wildman–Crippen MR) is 92.7 cm³/mol. The van der Waals surface area contributed by atoms with Gasteiger partial charge in [0.2, 0.25) is 0 Å². The Morgan fingerprint density at radius 1 is 1.58 bits per heavy atom. The third-order valence-electron chi connectivity index (χ3n) is 2.69. The van der Waals surface area contributed by atoms with Crippen LogP contribution in [0.4, 0.5) is 9.57 Å². The molecule has 0 radical (unpaired) electrons. The van der Waals surface area contributed by atoms with Crippen LogP contribution in [-0.4, -0.2) is 38.7 Å². The zero-order valence-electron chi connectivity index (χ0n) is 13.0. The molecule has 0 spiro atoms. The first kappa shape index (κ1) is 19.7. The third kappa shape index (κ3) is 4.33. The molecule has 0 atom stereocenters. The molecule has 0 fully saturated rings. The molecule has 0 aliphatic rings. The van der Waals surface area contributed by atoms with Gasteiger partial charge in [0.15, 0.2) is 18.2 Å². The molecule has 0 saturated heterocycles. The van der Waals surface area contributed by atoms with Crippen molar-refractivity contribution in [1.29, 1.82) is 0 Å². The lowest BCUT2D eigenvalue weighted by Gasteiger charge is -2.18. The van der Waals surface area contributed by atoms with Gasteiger partial charge in [-0.2, -0.15) is 3.71 Å². The van der Waals surface area contributed by atoms with E-state index in [-0.39, 0.29) is 23.0 Å². The van der Waals surface area contributed by atoms with Crippen LogP contribution < -0.4 is 10.1 Å². The molecule has 10 heteroatoms. The van der Waals surface area contributed by atoms with Gasteiger partial charge in [0.1, 0.15) is 12.9 Å². The summed E-state index contributed by atoms with van der Waals surface area (Å²) in [4.78, 5) is 4.29. The van der Waals surface area contributed by atoms with E-state index in [1.807, 2.05) is 0 Å². The molecule has 0 heterocycles. The minimum Gasteiger partial charge on any atom is -0.495 e. The van der Waals surface area contributed by atoms with E-state index in [1.54, 1.807) is 0 Å². The number of benzene rings is 1. The van der Waals surface area contributed by atoms with E-state index in [9.17, 15) is 12.3 Å². The number of hydrogen-bond acceptors (Lipinski definition) is 7. The molecule has 130 valence electrons. The Morgan fingerprint density at radius 3 is 2.79 bits per heavy atom. The molecule has 24 heavy (non-hydrogen) atoms. The smallest absolute Gasteiger partial charge is 0.277 e. The third-order valence-corrected chi connectivity index (χ3v) is 5.23. The van der Waals surface area contributed by atoms with Crippen molar-refractivity contribution < 1.29 is 21.9 Å². The second kappa shape index (κ2) is 9.05. The van der Waals surface area contributed by atoms with E-state index in [0.29, 0.717) is 9.40 Å². The lowest BCUT2D eigenvalue weighted by atomic mass is 10.3. The summed E-state index contributed by atoms with van der Waals surface area (Å²) in [6.45, 7) is 3.62. The van der Waals surface area contributed by atoms with Gasteiger partial charge in [0.05, 0.1) is 24.2 Å². The normalized spacial score (nSPS) is 11.3. The van der Waals surface area contributed by atoms with Crippen molar-refractivity contribution in [3.8, 4) is 18.1 Å². The van der Waals surface area contributed by atoms with Gasteiger partial charge >= 0.3 is 0 Å². The van der Waals surface area contributed by atoms with Gasteiger partial charge < -0.3 is 14.9 Å². The first-order chi connectivity index (χ1) is 11.5. The fourth-order valence-electron chi connectivity index (χ4n) is 1.65. The van der Waals surface area contributed by atoms with Crippen LogP contribution in [0.2, 0.25) is 0 Å². The number of nitrogens with one attached hydrogen (secondary N) is 1. The van der Waals surface area contributed by atoms with Crippen LogP contribution in [0, 0.1) is 12.3 Å². The van der Waals surface area contributed by atoms with E-state index in [1.165, 1.54) is 32.4 Å². The highest BCUT2D eigenvalue weighted by molar-refractivity contribution is 8.06. The number of ether oxygens (including phenoxy) is 1. The first-order valence-electron chi connectivity index (χ1n) is 6.39. The van der Waals surface area contributed by atoms with Gasteiger partial charge in [-0.05, 0) is 18.2 Å². The number of nitrogens with zero attached hydrogens (tertiary/aromatic N) is 2. The minimum absolute atomic E-state index is 0.207. The van der Waals surface area contributed by atoms with E-state index in [0.717, 1.165) is 6.08 Å². The Balaban J connectivity index is 3.34. The summed E-state index contributed by atoms with van der Waals surface area (Å²) >= 11 is -0.544. The molecule has 0 bridgehead atoms. The van der Waals surface area contributed by atoms with Crippen LogP contribution >= 0.6 is 12.3 Å². The molecule has 7 nitrogen and oxygen atoms in total. The van der Waals surface area contributed by atoms with Crippen LogP contribution in [0.1, 0.15) is 0 Å². The number of hydrogen-bond donors (Lipinski definition) is 1. The summed E-state index contributed by atoms with van der Waals surface area (Å²) in [5, 5.41) is 6.31. The Labute approximate surface area is 145 Å². The van der Waals surface area contributed by atoms with E-state index >= 15 is 0 Å². The number of oxime groups is 1. The monoisotopic (exact) mass is 373 g/mol. The summed E-state index contributed by atoms with van der Waals surface area (Å²) in [5.41, 5.74) is 0.503. The van der Waals surface area contributed by atoms with Crippen LogP contribution in [-0.2, 0) is 14.9 Å². The molecule has 0 saturated carbocycles. The lowest BCUT2D eigenvalue weighted by molar-refractivity contribution is 0.211. The molecule has 0 unspecified atom stereocenters. The highest BCUT2D eigenvalue weighted by Gasteiger charge is 2.29. The number of halogens is 1. The highest BCUT2D eigenvalue weighted by atomic mass is 32.3. The maximum absolute atomic E-state index is 13.2. The summed E-state index contributed by atoms with van der Waals surface area (Å²) < 4.78 is 43.9. The number of terminal acetylenes is 1. The Kier molecular flexibility index (Phi) is 7.41.